The van der Waals surface area contributed by atoms with E-state index in [0.717, 1.165) is 25.1 Å². The monoisotopic (exact) mass is 411 g/mol. The van der Waals surface area contributed by atoms with Crippen molar-refractivity contribution >= 4 is 17.5 Å². The Bertz CT molecular complexity index is 827. The van der Waals surface area contributed by atoms with Gasteiger partial charge in [0, 0.05) is 25.2 Å². The molecule has 2 heterocycles. The second kappa shape index (κ2) is 7.45. The molecule has 1 aliphatic rings. The summed E-state index contributed by atoms with van der Waals surface area (Å²) in [4.78, 5) is 11.8. The molecule has 0 bridgehead atoms. The zero-order valence-electron chi connectivity index (χ0n) is 13.8. The smallest absolute Gasteiger partial charge is 0.351 e. The van der Waals surface area contributed by atoms with Gasteiger partial charge in [-0.15, -0.1) is 0 Å². The molecule has 1 aliphatic carbocycles. The lowest BCUT2D eigenvalue weighted by Crippen LogP contribution is -2.26. The summed E-state index contributed by atoms with van der Waals surface area (Å²) in [6.45, 7) is -2.60. The number of nitrogens with one attached hydrogen (secondary N) is 1. The van der Waals surface area contributed by atoms with E-state index in [1.54, 1.807) is 0 Å². The predicted molar refractivity (Wildman–Crippen MR) is 84.6 cm³/mol. The fourth-order valence-corrected chi connectivity index (χ4v) is 3.04. The minimum absolute atomic E-state index is 0.0333. The van der Waals surface area contributed by atoms with Gasteiger partial charge in [-0.05, 0) is 25.3 Å². The largest absolute Gasteiger partial charge is 0.436 e. The molecular formula is C15H15ClF5N5O. The van der Waals surface area contributed by atoms with Crippen molar-refractivity contribution < 1.29 is 26.7 Å². The average Bonchev–Trinajstić information content (AvgIpc) is 3.17. The number of carbonyl (C=O) groups excluding carboxylic acids is 1. The first-order valence-electron chi connectivity index (χ1n) is 8.13. The summed E-state index contributed by atoms with van der Waals surface area (Å²) < 4.78 is 65.4. The fraction of sp³-hybridized carbons (Fsp3) is 0.533. The summed E-state index contributed by atoms with van der Waals surface area (Å²) in [7, 11) is 0. The number of rotatable bonds is 7. The predicted octanol–water partition coefficient (Wildman–Crippen LogP) is 3.84. The highest BCUT2D eigenvalue weighted by Gasteiger charge is 2.41. The van der Waals surface area contributed by atoms with Gasteiger partial charge >= 0.3 is 12.7 Å². The van der Waals surface area contributed by atoms with Gasteiger partial charge in [-0.2, -0.15) is 32.1 Å². The summed E-state index contributed by atoms with van der Waals surface area (Å²) in [5, 5.41) is 9.13. The molecular weight excluding hydrogens is 397 g/mol. The Labute approximate surface area is 155 Å². The fourth-order valence-electron chi connectivity index (χ4n) is 2.64. The second-order valence-electron chi connectivity index (χ2n) is 6.11. The van der Waals surface area contributed by atoms with Gasteiger partial charge in [0.15, 0.2) is 5.69 Å². The van der Waals surface area contributed by atoms with Gasteiger partial charge in [0.1, 0.15) is 5.69 Å². The highest BCUT2D eigenvalue weighted by atomic mass is 35.5. The molecule has 12 heteroatoms. The molecule has 2 aromatic rings. The highest BCUT2D eigenvalue weighted by Crippen LogP contribution is 2.46. The third-order valence-electron chi connectivity index (χ3n) is 4.04. The topological polar surface area (TPSA) is 64.7 Å². The Hall–Kier alpha value is -2.17. The minimum atomic E-state index is -4.64. The number of carbonyl (C=O) groups is 1. The van der Waals surface area contributed by atoms with Gasteiger partial charge in [0.2, 0.25) is 0 Å². The SMILES string of the molecule is O=C(NCCCn1nc(C(F)(F)F)c(Cl)c1C1CC1)c1ccn(C(F)F)n1. The van der Waals surface area contributed by atoms with Crippen LogP contribution in [0.2, 0.25) is 5.02 Å². The highest BCUT2D eigenvalue weighted by molar-refractivity contribution is 6.32. The van der Waals surface area contributed by atoms with Crippen LogP contribution in [0.5, 0.6) is 0 Å². The molecule has 0 aromatic carbocycles. The van der Waals surface area contributed by atoms with Crippen LogP contribution in [0.15, 0.2) is 12.3 Å². The maximum absolute atomic E-state index is 13.0. The lowest BCUT2D eigenvalue weighted by atomic mass is 10.2. The summed E-state index contributed by atoms with van der Waals surface area (Å²) >= 11 is 5.88. The molecule has 0 spiro atoms. The average molecular weight is 412 g/mol. The van der Waals surface area contributed by atoms with E-state index in [1.807, 2.05) is 0 Å². The van der Waals surface area contributed by atoms with Crippen LogP contribution < -0.4 is 5.32 Å². The zero-order chi connectivity index (χ0) is 19.8. The van der Waals surface area contributed by atoms with Crippen LogP contribution in [0.3, 0.4) is 0 Å². The molecule has 0 aliphatic heterocycles. The first-order chi connectivity index (χ1) is 12.7. The van der Waals surface area contributed by atoms with E-state index in [9.17, 15) is 26.7 Å². The number of aromatic nitrogens is 4. The summed E-state index contributed by atoms with van der Waals surface area (Å²) in [6, 6.07) is 1.15. The van der Waals surface area contributed by atoms with Crippen molar-refractivity contribution in [1.29, 1.82) is 0 Å². The van der Waals surface area contributed by atoms with Gasteiger partial charge < -0.3 is 5.32 Å². The third-order valence-corrected chi connectivity index (χ3v) is 4.41. The molecule has 1 saturated carbocycles. The van der Waals surface area contributed by atoms with Crippen molar-refractivity contribution in [3.05, 3.63) is 34.4 Å². The van der Waals surface area contributed by atoms with Gasteiger partial charge in [-0.1, -0.05) is 11.6 Å². The van der Waals surface area contributed by atoms with E-state index in [1.165, 1.54) is 4.68 Å². The third kappa shape index (κ3) is 4.40. The molecule has 1 fully saturated rings. The van der Waals surface area contributed by atoms with E-state index in [4.69, 9.17) is 11.6 Å². The van der Waals surface area contributed by atoms with Crippen LogP contribution in [0.1, 0.15) is 53.6 Å². The molecule has 0 atom stereocenters. The lowest BCUT2D eigenvalue weighted by molar-refractivity contribution is -0.141. The molecule has 6 nitrogen and oxygen atoms in total. The van der Waals surface area contributed by atoms with Crippen molar-refractivity contribution in [2.24, 2.45) is 0 Å². The number of hydrogen-bond acceptors (Lipinski definition) is 3. The van der Waals surface area contributed by atoms with Crippen LogP contribution in [-0.4, -0.2) is 32.0 Å². The van der Waals surface area contributed by atoms with Gasteiger partial charge in [-0.25, -0.2) is 4.68 Å². The zero-order valence-corrected chi connectivity index (χ0v) is 14.6. The quantitative estimate of drug-likeness (QED) is 0.556. The molecule has 1 N–H and O–H groups in total. The maximum atomic E-state index is 13.0. The lowest BCUT2D eigenvalue weighted by Gasteiger charge is -2.07. The van der Waals surface area contributed by atoms with E-state index in [-0.39, 0.29) is 36.1 Å². The van der Waals surface area contributed by atoms with E-state index in [0.29, 0.717) is 10.4 Å². The van der Waals surface area contributed by atoms with Crippen LogP contribution in [0, 0.1) is 0 Å². The molecule has 1 amide bonds. The first-order valence-corrected chi connectivity index (χ1v) is 8.51. The molecule has 0 unspecified atom stereocenters. The number of halogens is 6. The van der Waals surface area contributed by atoms with Crippen molar-refractivity contribution in [2.75, 3.05) is 6.54 Å². The van der Waals surface area contributed by atoms with Crippen LogP contribution in [0.4, 0.5) is 22.0 Å². The Morgan fingerprint density at radius 1 is 1.33 bits per heavy atom. The number of hydrogen-bond donors (Lipinski definition) is 1. The Kier molecular flexibility index (Phi) is 5.41. The van der Waals surface area contributed by atoms with Crippen LogP contribution in [-0.2, 0) is 12.7 Å². The van der Waals surface area contributed by atoms with Crippen molar-refractivity contribution in [1.82, 2.24) is 24.9 Å². The number of alkyl halides is 5. The normalized spacial score (nSPS) is 14.8. The Balaban J connectivity index is 1.58. The number of aryl methyl sites for hydroxylation is 1. The number of nitrogens with zero attached hydrogens (tertiary/aromatic N) is 4. The number of amides is 1. The van der Waals surface area contributed by atoms with Crippen LogP contribution in [0.25, 0.3) is 0 Å². The first kappa shape index (κ1) is 19.6. The molecule has 148 valence electrons. The minimum Gasteiger partial charge on any atom is -0.351 e. The van der Waals surface area contributed by atoms with Crippen molar-refractivity contribution in [3.8, 4) is 0 Å². The van der Waals surface area contributed by atoms with E-state index < -0.39 is 24.3 Å². The van der Waals surface area contributed by atoms with Gasteiger partial charge in [-0.3, -0.25) is 9.48 Å². The Morgan fingerprint density at radius 3 is 2.59 bits per heavy atom. The second-order valence-corrected chi connectivity index (χ2v) is 6.49. The van der Waals surface area contributed by atoms with Gasteiger partial charge in [0.25, 0.3) is 5.91 Å². The maximum Gasteiger partial charge on any atom is 0.436 e. The molecule has 3 rings (SSSR count). The Morgan fingerprint density at radius 2 is 2.04 bits per heavy atom. The van der Waals surface area contributed by atoms with Gasteiger partial charge in [0.05, 0.1) is 10.7 Å². The summed E-state index contributed by atoms with van der Waals surface area (Å²) in [5.74, 6) is -0.680. The van der Waals surface area contributed by atoms with Crippen LogP contribution >= 0.6 is 11.6 Å². The molecule has 27 heavy (non-hydrogen) atoms. The van der Waals surface area contributed by atoms with E-state index >= 15 is 0 Å². The summed E-state index contributed by atoms with van der Waals surface area (Å²) in [5.41, 5.74) is -0.908. The van der Waals surface area contributed by atoms with Crippen molar-refractivity contribution in [2.45, 2.75) is 44.5 Å². The van der Waals surface area contributed by atoms with E-state index in [2.05, 4.69) is 15.5 Å². The molecule has 0 saturated heterocycles. The molecule has 2 aromatic heterocycles. The summed E-state index contributed by atoms with van der Waals surface area (Å²) in [6.07, 6.45) is -1.86. The standard InChI is InChI=1S/C15H15ClF5N5O/c16-10-11(8-2-3-8)25(24-12(10)15(19,20)21)6-1-5-22-13(27)9-4-7-26(23-9)14(17)18/h4,7-8,14H,1-3,5-6H2,(H,22,27). The van der Waals surface area contributed by atoms with Crippen molar-refractivity contribution in [3.63, 3.8) is 0 Å². The molecule has 0 radical (unpaired) electrons.